The van der Waals surface area contributed by atoms with Crippen molar-refractivity contribution in [3.8, 4) is 11.1 Å². The van der Waals surface area contributed by atoms with Crippen LogP contribution in [0.4, 0.5) is 16.2 Å². The van der Waals surface area contributed by atoms with Crippen LogP contribution in [-0.4, -0.2) is 49.0 Å². The number of anilines is 2. The van der Waals surface area contributed by atoms with E-state index in [0.29, 0.717) is 31.1 Å². The van der Waals surface area contributed by atoms with Gasteiger partial charge >= 0.3 is 6.09 Å². The maximum absolute atomic E-state index is 12.8. The third-order valence-corrected chi connectivity index (χ3v) is 5.75. The fraction of sp³-hybridized carbons (Fsp3) is 0.417. The molecular formula is C24H28N2O5. The molecule has 0 radical (unpaired) electrons. The van der Waals surface area contributed by atoms with Crippen LogP contribution in [0, 0.1) is 0 Å². The molecule has 2 aromatic carbocycles. The Balaban J connectivity index is 1.72. The zero-order chi connectivity index (χ0) is 22.3. The van der Waals surface area contributed by atoms with Gasteiger partial charge in [-0.2, -0.15) is 0 Å². The Labute approximate surface area is 182 Å². The van der Waals surface area contributed by atoms with Crippen molar-refractivity contribution in [3.05, 3.63) is 48.0 Å². The molecule has 2 amide bonds. The number of amides is 2. The molecule has 2 aliphatic rings. The van der Waals surface area contributed by atoms with Gasteiger partial charge in [0, 0.05) is 13.5 Å². The van der Waals surface area contributed by atoms with Crippen molar-refractivity contribution in [2.45, 2.75) is 45.4 Å². The molecule has 0 saturated carbocycles. The molecule has 0 aromatic heterocycles. The Morgan fingerprint density at radius 1 is 1.10 bits per heavy atom. The maximum atomic E-state index is 12.8. The molecule has 2 aromatic rings. The van der Waals surface area contributed by atoms with Crippen LogP contribution in [0.5, 0.6) is 0 Å². The lowest BCUT2D eigenvalue weighted by Gasteiger charge is -2.40. The van der Waals surface area contributed by atoms with Gasteiger partial charge in [0.1, 0.15) is 5.60 Å². The topological polar surface area (TPSA) is 79.3 Å². The summed E-state index contributed by atoms with van der Waals surface area (Å²) in [5, 5.41) is 10.5. The largest absolute Gasteiger partial charge is 0.446 e. The van der Waals surface area contributed by atoms with Gasteiger partial charge in [0.15, 0.2) is 0 Å². The zero-order valence-electron chi connectivity index (χ0n) is 18.3. The van der Waals surface area contributed by atoms with Crippen LogP contribution in [0.25, 0.3) is 11.1 Å². The summed E-state index contributed by atoms with van der Waals surface area (Å²) >= 11 is 0. The van der Waals surface area contributed by atoms with Crippen LogP contribution >= 0.6 is 0 Å². The maximum Gasteiger partial charge on any atom is 0.414 e. The first-order chi connectivity index (χ1) is 14.7. The third-order valence-electron chi connectivity index (χ3n) is 5.75. The number of nitrogens with zero attached hydrogens (tertiary/aromatic N) is 2. The summed E-state index contributed by atoms with van der Waals surface area (Å²) in [6, 6.07) is 13.2. The first-order valence-corrected chi connectivity index (χ1v) is 10.5. The second kappa shape index (κ2) is 7.98. The van der Waals surface area contributed by atoms with E-state index in [1.807, 2.05) is 63.2 Å². The molecule has 2 aliphatic heterocycles. The van der Waals surface area contributed by atoms with Crippen molar-refractivity contribution < 1.29 is 24.2 Å². The lowest BCUT2D eigenvalue weighted by molar-refractivity contribution is -0.184. The summed E-state index contributed by atoms with van der Waals surface area (Å²) in [7, 11) is 0. The molecule has 164 valence electrons. The normalized spacial score (nSPS) is 19.6. The first kappa shape index (κ1) is 21.3. The Hall–Kier alpha value is -2.90. The van der Waals surface area contributed by atoms with Crippen molar-refractivity contribution in [2.75, 3.05) is 29.6 Å². The lowest BCUT2D eigenvalue weighted by Crippen LogP contribution is -2.51. The van der Waals surface area contributed by atoms with Crippen molar-refractivity contribution in [3.63, 3.8) is 0 Å². The van der Waals surface area contributed by atoms with Gasteiger partial charge in [0.2, 0.25) is 5.91 Å². The second-order valence-corrected chi connectivity index (χ2v) is 8.59. The minimum absolute atomic E-state index is 0.0707. The van der Waals surface area contributed by atoms with E-state index in [4.69, 9.17) is 9.47 Å². The molecule has 2 heterocycles. The molecule has 1 unspecified atom stereocenters. The van der Waals surface area contributed by atoms with E-state index >= 15 is 0 Å². The van der Waals surface area contributed by atoms with Crippen molar-refractivity contribution in [1.82, 2.24) is 0 Å². The van der Waals surface area contributed by atoms with Gasteiger partial charge in [0.25, 0.3) is 0 Å². The molecule has 0 bridgehead atoms. The number of carbonyl (C=O) groups is 2. The molecule has 4 rings (SSSR count). The molecule has 0 spiro atoms. The van der Waals surface area contributed by atoms with Gasteiger partial charge in [-0.05, 0) is 49.6 Å². The van der Waals surface area contributed by atoms with E-state index in [9.17, 15) is 14.7 Å². The van der Waals surface area contributed by atoms with Crippen molar-refractivity contribution in [1.29, 1.82) is 0 Å². The fourth-order valence-corrected chi connectivity index (χ4v) is 4.16. The van der Waals surface area contributed by atoms with E-state index in [2.05, 4.69) is 0 Å². The summed E-state index contributed by atoms with van der Waals surface area (Å²) in [6.45, 7) is 8.04. The summed E-state index contributed by atoms with van der Waals surface area (Å²) in [6.07, 6.45) is -0.667. The highest BCUT2D eigenvalue weighted by Gasteiger charge is 2.38. The van der Waals surface area contributed by atoms with Gasteiger partial charge in [-0.3, -0.25) is 9.69 Å². The Kier molecular flexibility index (Phi) is 5.49. The summed E-state index contributed by atoms with van der Waals surface area (Å²) in [4.78, 5) is 28.4. The van der Waals surface area contributed by atoms with Crippen LogP contribution in [0.3, 0.4) is 0 Å². The van der Waals surface area contributed by atoms with E-state index in [1.54, 1.807) is 9.80 Å². The number of carbonyl (C=O) groups excluding carboxylic acids is 2. The Morgan fingerprint density at radius 2 is 1.74 bits per heavy atom. The predicted molar refractivity (Wildman–Crippen MR) is 118 cm³/mol. The molecular weight excluding hydrogens is 396 g/mol. The summed E-state index contributed by atoms with van der Waals surface area (Å²) in [5.74, 6) is -0.0707. The molecule has 1 atom stereocenters. The molecule has 0 aliphatic carbocycles. The fourth-order valence-electron chi connectivity index (χ4n) is 4.16. The van der Waals surface area contributed by atoms with E-state index in [-0.39, 0.29) is 18.1 Å². The van der Waals surface area contributed by atoms with E-state index in [1.165, 1.54) is 6.92 Å². The van der Waals surface area contributed by atoms with Crippen LogP contribution in [-0.2, 0) is 19.9 Å². The van der Waals surface area contributed by atoms with E-state index < -0.39 is 11.7 Å². The average molecular weight is 424 g/mol. The summed E-state index contributed by atoms with van der Waals surface area (Å²) < 4.78 is 10.6. The highest BCUT2D eigenvalue weighted by atomic mass is 16.6. The minimum atomic E-state index is -0.913. The highest BCUT2D eigenvalue weighted by Crippen LogP contribution is 2.39. The van der Waals surface area contributed by atoms with Crippen LogP contribution < -0.4 is 9.80 Å². The Bertz CT molecular complexity index is 998. The lowest BCUT2D eigenvalue weighted by atomic mass is 9.90. The predicted octanol–water partition coefficient (Wildman–Crippen LogP) is 3.68. The first-order valence-electron chi connectivity index (χ1n) is 10.5. The van der Waals surface area contributed by atoms with Crippen LogP contribution in [0.15, 0.2) is 42.5 Å². The zero-order valence-corrected chi connectivity index (χ0v) is 18.3. The number of rotatable bonds is 3. The third kappa shape index (κ3) is 3.91. The van der Waals surface area contributed by atoms with Crippen molar-refractivity contribution >= 4 is 23.4 Å². The number of hydrogen-bond donors (Lipinski definition) is 1. The SMILES string of the molecule is CC(=O)N1c2ccc(-c3ccc(C4(O)COC4)cc3)cc2N(C(=O)OC(C)C)CC1C. The van der Waals surface area contributed by atoms with Gasteiger partial charge in [-0.1, -0.05) is 30.3 Å². The van der Waals surface area contributed by atoms with E-state index in [0.717, 1.165) is 16.7 Å². The highest BCUT2D eigenvalue weighted by molar-refractivity contribution is 6.03. The molecule has 1 N–H and O–H groups in total. The van der Waals surface area contributed by atoms with Gasteiger partial charge in [0.05, 0.1) is 36.7 Å². The molecule has 7 heteroatoms. The molecule has 1 saturated heterocycles. The number of ether oxygens (including phenoxy) is 2. The molecule has 1 fully saturated rings. The Morgan fingerprint density at radius 3 is 2.29 bits per heavy atom. The molecule has 31 heavy (non-hydrogen) atoms. The number of benzene rings is 2. The van der Waals surface area contributed by atoms with Crippen LogP contribution in [0.1, 0.15) is 33.3 Å². The number of fused-ring (bicyclic) bond motifs is 1. The molecule has 7 nitrogen and oxygen atoms in total. The standard InChI is InChI=1S/C24H28N2O5/c1-15(2)31-23(28)25-12-16(3)26(17(4)27)21-10-7-19(11-22(21)25)18-5-8-20(9-6-18)24(29)13-30-14-24/h5-11,15-16,29H,12-14H2,1-4H3. The van der Waals surface area contributed by atoms with Gasteiger partial charge in [-0.25, -0.2) is 4.79 Å². The van der Waals surface area contributed by atoms with Crippen LogP contribution in [0.2, 0.25) is 0 Å². The number of aliphatic hydroxyl groups is 1. The van der Waals surface area contributed by atoms with Crippen molar-refractivity contribution in [2.24, 2.45) is 0 Å². The quantitative estimate of drug-likeness (QED) is 0.813. The number of hydrogen-bond acceptors (Lipinski definition) is 5. The monoisotopic (exact) mass is 424 g/mol. The average Bonchev–Trinajstić information content (AvgIpc) is 2.70. The minimum Gasteiger partial charge on any atom is -0.446 e. The van der Waals surface area contributed by atoms with Gasteiger partial charge in [-0.15, -0.1) is 0 Å². The smallest absolute Gasteiger partial charge is 0.414 e. The summed E-state index contributed by atoms with van der Waals surface area (Å²) in [5.41, 5.74) is 3.09. The van der Waals surface area contributed by atoms with Gasteiger partial charge < -0.3 is 19.5 Å². The second-order valence-electron chi connectivity index (χ2n) is 8.59.